The maximum atomic E-state index is 2.38. The zero-order chi connectivity index (χ0) is 91.5. The molecule has 0 aliphatic heterocycles. The molecule has 0 heterocycles. The van der Waals surface area contributed by atoms with Gasteiger partial charge in [-0.15, -0.1) is 0 Å². The molecule has 0 atom stereocenters. The predicted molar refractivity (Wildman–Crippen MR) is 573 cm³/mol. The Kier molecular flexibility index (Phi) is 25.4. The van der Waals surface area contributed by atoms with Gasteiger partial charge in [0.2, 0.25) is 0 Å². The van der Waals surface area contributed by atoms with Gasteiger partial charge in [-0.3, -0.25) is 0 Å². The predicted octanol–water partition coefficient (Wildman–Crippen LogP) is 35.1. The van der Waals surface area contributed by atoms with Gasteiger partial charge in [-0.1, -0.05) is 422 Å². The third-order valence-corrected chi connectivity index (χ3v) is 26.8. The van der Waals surface area contributed by atoms with Gasteiger partial charge < -0.3 is 19.6 Å². The van der Waals surface area contributed by atoms with Crippen LogP contribution in [0, 0.1) is 0 Å². The van der Waals surface area contributed by atoms with Gasteiger partial charge in [0.05, 0.1) is 0 Å². The monoisotopic (exact) mass is 1720 g/mol. The molecule has 4 heteroatoms. The van der Waals surface area contributed by atoms with E-state index in [1.165, 1.54) is 196 Å². The van der Waals surface area contributed by atoms with E-state index in [1.807, 2.05) is 6.07 Å². The third-order valence-electron chi connectivity index (χ3n) is 26.8. The van der Waals surface area contributed by atoms with Crippen LogP contribution in [-0.4, -0.2) is 28.2 Å². The Morgan fingerprint density at radius 2 is 0.328 bits per heavy atom. The van der Waals surface area contributed by atoms with Gasteiger partial charge in [-0.05, 0) is 254 Å². The minimum absolute atomic E-state index is 0.00708. The second kappa shape index (κ2) is 39.1. The maximum absolute atomic E-state index is 2.38. The van der Waals surface area contributed by atoms with Crippen LogP contribution in [0.5, 0.6) is 0 Å². The highest BCUT2D eigenvalue weighted by Crippen LogP contribution is 2.53. The molecule has 2 aliphatic carbocycles. The van der Waals surface area contributed by atoms with Crippen LogP contribution in [0.15, 0.2) is 510 Å². The number of nitrogens with zero attached hydrogens (tertiary/aromatic N) is 4. The first-order chi connectivity index (χ1) is 65.6. The highest BCUT2D eigenvalue weighted by Gasteiger charge is 2.37. The van der Waals surface area contributed by atoms with Gasteiger partial charge in [-0.2, -0.15) is 0 Å². The van der Waals surface area contributed by atoms with E-state index in [4.69, 9.17) is 0 Å². The lowest BCUT2D eigenvalue weighted by Crippen LogP contribution is -2.16. The molecule has 0 spiro atoms. The van der Waals surface area contributed by atoms with Crippen molar-refractivity contribution in [1.82, 2.24) is 0 Å². The molecular formula is C130H108N4. The van der Waals surface area contributed by atoms with E-state index in [0.29, 0.717) is 0 Å². The number of benzene rings is 20. The number of para-hydroxylation sites is 1. The fourth-order valence-corrected chi connectivity index (χ4v) is 19.3. The van der Waals surface area contributed by atoms with Crippen molar-refractivity contribution >= 4 is 45.5 Å². The van der Waals surface area contributed by atoms with Crippen molar-refractivity contribution in [3.63, 3.8) is 0 Å². The van der Waals surface area contributed by atoms with Gasteiger partial charge in [0.25, 0.3) is 0 Å². The molecule has 2 aliphatic rings. The number of anilines is 8. The summed E-state index contributed by atoms with van der Waals surface area (Å²) in [4.78, 5) is 9.14. The van der Waals surface area contributed by atoms with E-state index in [0.717, 1.165) is 5.69 Å². The SMILES string of the molecule is CN(c1ccc(-c2cc(-c3ccccc3)cc(-c3ccccc3)c2)cc1)c1ccc2c(c1)C(C)(C)c1ccccc1-2.CN(c1ccc(-c2ccccc2)cc1)c1ccc(-c2ccccc2)cc1-c1ccccc1.CN(c1ccc2c(c1)C(C)(C)c1ccccc1-2)c1ccc(-c2ccccc2)cc1-c1ccccc1.CN(c1ccccc1)c1ccc(-c2ccccc2)cc1-c1ccccc1. The second-order valence-electron chi connectivity index (χ2n) is 35.8. The quantitative estimate of drug-likeness (QED) is 0.0849. The first kappa shape index (κ1) is 87.0. The summed E-state index contributed by atoms with van der Waals surface area (Å²) in [5.74, 6) is 0. The first-order valence-electron chi connectivity index (χ1n) is 46.4. The van der Waals surface area contributed by atoms with Crippen molar-refractivity contribution in [2.45, 2.75) is 38.5 Å². The Hall–Kier alpha value is -16.4. The molecular weight excluding hydrogens is 1620 g/mol. The molecule has 0 radical (unpaired) electrons. The fraction of sp³-hybridized carbons (Fsp3) is 0.0769. The average molecular weight is 1730 g/mol. The Morgan fingerprint density at radius 1 is 0.127 bits per heavy atom. The summed E-state index contributed by atoms with van der Waals surface area (Å²) < 4.78 is 0. The third kappa shape index (κ3) is 18.5. The summed E-state index contributed by atoms with van der Waals surface area (Å²) in [5, 5.41) is 0. The summed E-state index contributed by atoms with van der Waals surface area (Å²) in [7, 11) is 8.61. The normalized spacial score (nSPS) is 12.0. The minimum atomic E-state index is -0.0117. The average Bonchev–Trinajstić information content (AvgIpc) is 1.58. The fourth-order valence-electron chi connectivity index (χ4n) is 19.3. The van der Waals surface area contributed by atoms with Crippen LogP contribution in [0.1, 0.15) is 49.9 Å². The van der Waals surface area contributed by atoms with Crippen LogP contribution in [0.25, 0.3) is 134 Å². The molecule has 22 rings (SSSR count). The van der Waals surface area contributed by atoms with E-state index < -0.39 is 0 Å². The number of rotatable bonds is 18. The van der Waals surface area contributed by atoms with Crippen molar-refractivity contribution in [3.05, 3.63) is 532 Å². The highest BCUT2D eigenvalue weighted by atomic mass is 15.1. The standard InChI is InChI=1S/C40H33N.C34H29N.C31H25N.C25H21N/c1-40(2)38-17-11-10-16-36(38)37-23-22-35(27-39(37)40)41(3)34-20-18-30(19-21-34)33-25-31(28-12-6-4-7-13-28)24-32(26-33)29-14-8-5-9-15-29;1-34(2)31-17-11-10-16-28(31)29-20-19-27(23-32(29)34)35(3)33-21-18-26(24-12-6-4-7-13-24)22-30(33)25-14-8-5-9-15-25;1-32(29-20-17-26(18-21-29)24-11-5-2-6-12-24)31-22-19-28(25-13-7-3-8-14-25)23-30(31)27-15-9-4-10-16-27;1-26(23-15-9-4-10-16-23)25-18-17-22(20-11-5-2-6-12-20)19-24(25)21-13-7-3-8-14-21/h4-27H,1-3H3;4-23H,1-3H3;2-23H,1H3;2-19H,1H3. The lowest BCUT2D eigenvalue weighted by Gasteiger charge is -2.27. The second-order valence-corrected chi connectivity index (χ2v) is 35.8. The van der Waals surface area contributed by atoms with Crippen molar-refractivity contribution < 1.29 is 0 Å². The van der Waals surface area contributed by atoms with Gasteiger partial charge in [-0.25, -0.2) is 0 Å². The molecule has 0 saturated heterocycles. The molecule has 648 valence electrons. The van der Waals surface area contributed by atoms with E-state index in [2.05, 4.69) is 579 Å². The molecule has 0 N–H and O–H groups in total. The summed E-state index contributed by atoms with van der Waals surface area (Å²) >= 11 is 0. The molecule has 0 unspecified atom stereocenters. The van der Waals surface area contributed by atoms with E-state index in [1.54, 1.807) is 0 Å². The van der Waals surface area contributed by atoms with Crippen molar-refractivity contribution in [3.8, 4) is 134 Å². The van der Waals surface area contributed by atoms with Crippen molar-refractivity contribution in [1.29, 1.82) is 0 Å². The minimum Gasteiger partial charge on any atom is -0.345 e. The van der Waals surface area contributed by atoms with E-state index in [9.17, 15) is 0 Å². The van der Waals surface area contributed by atoms with Crippen molar-refractivity contribution in [2.75, 3.05) is 47.8 Å². The number of fused-ring (bicyclic) bond motifs is 6. The molecule has 0 fully saturated rings. The Bertz CT molecular complexity index is 7340. The largest absolute Gasteiger partial charge is 0.345 e. The van der Waals surface area contributed by atoms with Gasteiger partial charge in [0, 0.05) is 101 Å². The van der Waals surface area contributed by atoms with E-state index in [-0.39, 0.29) is 10.8 Å². The molecule has 0 bridgehead atoms. The van der Waals surface area contributed by atoms with Crippen molar-refractivity contribution in [2.24, 2.45) is 0 Å². The molecule has 0 aromatic heterocycles. The molecule has 0 saturated carbocycles. The summed E-state index contributed by atoms with van der Waals surface area (Å²) in [6.07, 6.45) is 0. The summed E-state index contributed by atoms with van der Waals surface area (Å²) in [6, 6.07) is 182. The zero-order valence-electron chi connectivity index (χ0n) is 77.3. The Morgan fingerprint density at radius 3 is 0.642 bits per heavy atom. The van der Waals surface area contributed by atoms with Gasteiger partial charge in [0.15, 0.2) is 0 Å². The number of hydrogen-bond donors (Lipinski definition) is 0. The Balaban J connectivity index is 0.000000116. The van der Waals surface area contributed by atoms with Crippen LogP contribution in [0.3, 0.4) is 0 Å². The maximum Gasteiger partial charge on any atom is 0.0488 e. The number of hydrogen-bond acceptors (Lipinski definition) is 4. The lowest BCUT2D eigenvalue weighted by atomic mass is 9.82. The van der Waals surface area contributed by atoms with Crippen LogP contribution >= 0.6 is 0 Å². The van der Waals surface area contributed by atoms with Crippen LogP contribution in [0.2, 0.25) is 0 Å². The molecule has 20 aromatic carbocycles. The topological polar surface area (TPSA) is 13.0 Å². The summed E-state index contributed by atoms with van der Waals surface area (Å²) in [5.41, 5.74) is 45.0. The van der Waals surface area contributed by atoms with Gasteiger partial charge in [0.1, 0.15) is 0 Å². The van der Waals surface area contributed by atoms with Crippen LogP contribution in [-0.2, 0) is 10.8 Å². The highest BCUT2D eigenvalue weighted by molar-refractivity contribution is 5.93. The van der Waals surface area contributed by atoms with E-state index >= 15 is 0 Å². The zero-order valence-corrected chi connectivity index (χ0v) is 77.3. The van der Waals surface area contributed by atoms with Crippen LogP contribution in [0.4, 0.5) is 45.5 Å². The van der Waals surface area contributed by atoms with Gasteiger partial charge >= 0.3 is 0 Å². The molecule has 20 aromatic rings. The first-order valence-corrected chi connectivity index (χ1v) is 46.4. The Labute approximate surface area is 791 Å². The molecule has 0 amide bonds. The molecule has 134 heavy (non-hydrogen) atoms. The smallest absolute Gasteiger partial charge is 0.0488 e. The molecule has 4 nitrogen and oxygen atoms in total. The van der Waals surface area contributed by atoms with Crippen LogP contribution < -0.4 is 19.6 Å². The summed E-state index contributed by atoms with van der Waals surface area (Å²) in [6.45, 7) is 9.35. The lowest BCUT2D eigenvalue weighted by molar-refractivity contribution is 0.660.